The van der Waals surface area contributed by atoms with Gasteiger partial charge < -0.3 is 0 Å². The van der Waals surface area contributed by atoms with Crippen LogP contribution >= 0.6 is 0 Å². The fourth-order valence-corrected chi connectivity index (χ4v) is 4.10. The lowest BCUT2D eigenvalue weighted by Gasteiger charge is -2.09. The molecule has 0 atom stereocenters. The summed E-state index contributed by atoms with van der Waals surface area (Å²) in [5.41, 5.74) is 8.57. The third kappa shape index (κ3) is 9.94. The highest BCUT2D eigenvalue weighted by molar-refractivity contribution is 6.31. The predicted molar refractivity (Wildman–Crippen MR) is 144 cm³/mol. The van der Waals surface area contributed by atoms with Crippen LogP contribution in [-0.2, 0) is 12.8 Å². The van der Waals surface area contributed by atoms with E-state index in [9.17, 15) is 0 Å². The lowest BCUT2D eigenvalue weighted by molar-refractivity contribution is 0.709. The van der Waals surface area contributed by atoms with Crippen molar-refractivity contribution in [1.29, 1.82) is 0 Å². The van der Waals surface area contributed by atoms with Crippen LogP contribution in [0.5, 0.6) is 0 Å². The van der Waals surface area contributed by atoms with E-state index in [2.05, 4.69) is 71.0 Å². The highest BCUT2D eigenvalue weighted by atomic mass is 14.8. The third-order valence-electron chi connectivity index (χ3n) is 5.80. The van der Waals surface area contributed by atoms with Crippen LogP contribution in [0.4, 0.5) is 11.4 Å². The maximum atomic E-state index is 5.10. The van der Waals surface area contributed by atoms with E-state index in [1.807, 2.05) is 6.21 Å². The summed E-state index contributed by atoms with van der Waals surface area (Å²) in [7, 11) is 0. The second-order valence-corrected chi connectivity index (χ2v) is 9.23. The van der Waals surface area contributed by atoms with Gasteiger partial charge in [-0.05, 0) is 98.9 Å². The van der Waals surface area contributed by atoms with Gasteiger partial charge in [-0.25, -0.2) is 0 Å². The number of benzene rings is 2. The number of hydrogen-bond donors (Lipinski definition) is 0. The summed E-state index contributed by atoms with van der Waals surface area (Å²) in [6.45, 7) is 11.0. The van der Waals surface area contributed by atoms with E-state index in [-0.39, 0.29) is 0 Å². The lowest BCUT2D eigenvalue weighted by atomic mass is 10.00. The zero-order valence-electron chi connectivity index (χ0n) is 21.2. The summed E-state index contributed by atoms with van der Waals surface area (Å²) in [5, 5.41) is 0. The summed E-state index contributed by atoms with van der Waals surface area (Å²) in [5.74, 6) is 0. The van der Waals surface area contributed by atoms with Gasteiger partial charge in [0.1, 0.15) is 0 Å². The molecule has 32 heavy (non-hydrogen) atoms. The van der Waals surface area contributed by atoms with E-state index < -0.39 is 0 Å². The first-order valence-electron chi connectivity index (χ1n) is 12.9. The molecule has 0 N–H and O–H groups in total. The molecule has 0 aromatic heterocycles. The van der Waals surface area contributed by atoms with Gasteiger partial charge in [0, 0.05) is 6.21 Å². The van der Waals surface area contributed by atoms with Crippen molar-refractivity contribution in [2.75, 3.05) is 0 Å². The van der Waals surface area contributed by atoms with Crippen molar-refractivity contribution >= 4 is 23.3 Å². The lowest BCUT2D eigenvalue weighted by Crippen LogP contribution is -2.00. The second-order valence-electron chi connectivity index (χ2n) is 9.23. The highest BCUT2D eigenvalue weighted by Crippen LogP contribution is 2.23. The molecular formula is C30H44N2. The van der Waals surface area contributed by atoms with Crippen LogP contribution in [-0.4, -0.2) is 11.9 Å². The molecule has 2 nitrogen and oxygen atoms in total. The van der Waals surface area contributed by atoms with Gasteiger partial charge in [0.05, 0.1) is 17.1 Å². The van der Waals surface area contributed by atoms with Crippen molar-refractivity contribution in [3.63, 3.8) is 0 Å². The van der Waals surface area contributed by atoms with E-state index in [1.165, 1.54) is 60.8 Å². The molecule has 174 valence electrons. The van der Waals surface area contributed by atoms with Gasteiger partial charge >= 0.3 is 0 Å². The predicted octanol–water partition coefficient (Wildman–Crippen LogP) is 9.43. The van der Waals surface area contributed by atoms with Crippen LogP contribution < -0.4 is 0 Å². The summed E-state index contributed by atoms with van der Waals surface area (Å²) in [6.07, 6.45) is 15.2. The number of hydrogen-bond acceptors (Lipinski definition) is 2. The molecule has 0 saturated heterocycles. The van der Waals surface area contributed by atoms with Gasteiger partial charge in [0.25, 0.3) is 0 Å². The SMILES string of the molecule is CCCCCc1cc(CCCCC)cc(N=C(C=Nc2cc(C)cc(C)c2)CCCC)c1. The van der Waals surface area contributed by atoms with Crippen molar-refractivity contribution in [2.24, 2.45) is 9.98 Å². The number of nitrogens with zero attached hydrogens (tertiary/aromatic N) is 2. The first-order valence-corrected chi connectivity index (χ1v) is 12.9. The van der Waals surface area contributed by atoms with Crippen molar-refractivity contribution < 1.29 is 0 Å². The molecule has 0 saturated carbocycles. The molecule has 0 aliphatic rings. The zero-order valence-corrected chi connectivity index (χ0v) is 21.2. The van der Waals surface area contributed by atoms with E-state index in [1.54, 1.807) is 0 Å². The van der Waals surface area contributed by atoms with Crippen LogP contribution in [0.3, 0.4) is 0 Å². The highest BCUT2D eigenvalue weighted by Gasteiger charge is 2.04. The minimum atomic E-state index is 0.968. The molecule has 0 aliphatic heterocycles. The topological polar surface area (TPSA) is 24.7 Å². The standard InChI is InChI=1S/C30H44N2/c1-6-9-12-14-26-20-27(15-13-10-7-2)22-30(21-26)32-28(16-11-8-3)23-31-29-18-24(4)17-25(5)19-29/h17-23H,6-16H2,1-5H3. The van der Waals surface area contributed by atoms with Crippen LogP contribution in [0.2, 0.25) is 0 Å². The Labute approximate surface area is 197 Å². The molecule has 2 aromatic carbocycles. The fourth-order valence-electron chi connectivity index (χ4n) is 4.10. The van der Waals surface area contributed by atoms with Crippen LogP contribution in [0.15, 0.2) is 46.4 Å². The largest absolute Gasteiger partial charge is 0.255 e. The fraction of sp³-hybridized carbons (Fsp3) is 0.533. The maximum absolute atomic E-state index is 5.10. The Morgan fingerprint density at radius 2 is 1.22 bits per heavy atom. The second kappa shape index (κ2) is 14.8. The van der Waals surface area contributed by atoms with E-state index in [4.69, 9.17) is 9.98 Å². The van der Waals surface area contributed by atoms with Crippen molar-refractivity contribution in [3.8, 4) is 0 Å². The maximum Gasteiger partial charge on any atom is 0.0639 e. The molecule has 0 amide bonds. The van der Waals surface area contributed by atoms with Gasteiger partial charge in [-0.3, -0.25) is 9.98 Å². The Kier molecular flexibility index (Phi) is 12.0. The summed E-state index contributed by atoms with van der Waals surface area (Å²) in [4.78, 5) is 9.89. The molecule has 2 aromatic rings. The smallest absolute Gasteiger partial charge is 0.0639 e. The number of aryl methyl sites for hydroxylation is 4. The summed E-state index contributed by atoms with van der Waals surface area (Å²) >= 11 is 0. The third-order valence-corrected chi connectivity index (χ3v) is 5.80. The average Bonchev–Trinajstić information content (AvgIpc) is 2.75. The number of rotatable bonds is 14. The van der Waals surface area contributed by atoms with Gasteiger partial charge in [-0.2, -0.15) is 0 Å². The minimum Gasteiger partial charge on any atom is -0.255 e. The Balaban J connectivity index is 2.31. The Hall–Kier alpha value is -2.22. The number of unbranched alkanes of at least 4 members (excludes halogenated alkanes) is 5. The summed E-state index contributed by atoms with van der Waals surface area (Å²) in [6, 6.07) is 13.5. The van der Waals surface area contributed by atoms with E-state index in [0.29, 0.717) is 0 Å². The molecule has 0 unspecified atom stereocenters. The van der Waals surface area contributed by atoms with E-state index in [0.717, 1.165) is 49.2 Å². The van der Waals surface area contributed by atoms with E-state index >= 15 is 0 Å². The molecule has 2 heteroatoms. The van der Waals surface area contributed by atoms with Crippen molar-refractivity contribution in [1.82, 2.24) is 0 Å². The molecule has 0 aliphatic carbocycles. The van der Waals surface area contributed by atoms with Crippen LogP contribution in [0.1, 0.15) is 101 Å². The van der Waals surface area contributed by atoms with Crippen molar-refractivity contribution in [3.05, 3.63) is 58.7 Å². The van der Waals surface area contributed by atoms with Crippen LogP contribution in [0.25, 0.3) is 0 Å². The quantitative estimate of drug-likeness (QED) is 0.210. The minimum absolute atomic E-state index is 0.968. The average molecular weight is 433 g/mol. The first kappa shape index (κ1) is 26.0. The first-order chi connectivity index (χ1) is 15.5. The van der Waals surface area contributed by atoms with Gasteiger partial charge in [0.2, 0.25) is 0 Å². The van der Waals surface area contributed by atoms with Gasteiger partial charge in [-0.15, -0.1) is 0 Å². The zero-order chi connectivity index (χ0) is 23.2. The van der Waals surface area contributed by atoms with Gasteiger partial charge in [0.15, 0.2) is 0 Å². The van der Waals surface area contributed by atoms with Crippen molar-refractivity contribution in [2.45, 2.75) is 105 Å². The normalized spacial score (nSPS) is 12.1. The molecule has 0 bridgehead atoms. The summed E-state index contributed by atoms with van der Waals surface area (Å²) < 4.78 is 0. The molecule has 0 radical (unpaired) electrons. The molecule has 0 fully saturated rings. The Bertz CT molecular complexity index is 828. The molecule has 0 heterocycles. The molecule has 2 rings (SSSR count). The monoisotopic (exact) mass is 432 g/mol. The molecular weight excluding hydrogens is 388 g/mol. The van der Waals surface area contributed by atoms with Crippen LogP contribution in [0, 0.1) is 13.8 Å². The van der Waals surface area contributed by atoms with Gasteiger partial charge in [-0.1, -0.05) is 65.0 Å². The Morgan fingerprint density at radius 1 is 0.656 bits per heavy atom. The Morgan fingerprint density at radius 3 is 1.75 bits per heavy atom. The number of aliphatic imine (C=N–C) groups is 2. The molecule has 0 spiro atoms.